The lowest BCUT2D eigenvalue weighted by Crippen LogP contribution is -2.46. The highest BCUT2D eigenvalue weighted by Crippen LogP contribution is 2.46. The Balaban J connectivity index is 1.64. The second-order valence-corrected chi connectivity index (χ2v) is 11.9. The van der Waals surface area contributed by atoms with E-state index in [9.17, 15) is 0 Å². The molecule has 0 radical (unpaired) electrons. The maximum Gasteiger partial charge on any atom is 0.233 e. The number of fused-ring (bicyclic) bond motifs is 1. The van der Waals surface area contributed by atoms with Gasteiger partial charge in [0.2, 0.25) is 11.8 Å². The van der Waals surface area contributed by atoms with Gasteiger partial charge in [-0.1, -0.05) is 17.7 Å². The first-order valence-corrected chi connectivity index (χ1v) is 12.5. The summed E-state index contributed by atoms with van der Waals surface area (Å²) in [4.78, 5) is 21.9. The van der Waals surface area contributed by atoms with Crippen LogP contribution in [0.5, 0.6) is 5.88 Å². The fourth-order valence-electron chi connectivity index (χ4n) is 4.16. The maximum absolute atomic E-state index is 15.1. The van der Waals surface area contributed by atoms with Gasteiger partial charge >= 0.3 is 0 Å². The van der Waals surface area contributed by atoms with Crippen LogP contribution in [0.15, 0.2) is 35.7 Å². The van der Waals surface area contributed by atoms with Crippen molar-refractivity contribution in [1.29, 1.82) is 0 Å². The number of pyridine rings is 2. The molecule has 3 aromatic heterocycles. The van der Waals surface area contributed by atoms with Gasteiger partial charge in [-0.2, -0.15) is 4.39 Å². The first-order chi connectivity index (χ1) is 17.4. The highest BCUT2D eigenvalue weighted by Gasteiger charge is 2.44. The van der Waals surface area contributed by atoms with Crippen LogP contribution in [0, 0.1) is 18.3 Å². The summed E-state index contributed by atoms with van der Waals surface area (Å²) in [7, 11) is 5.99. The molecule has 9 nitrogen and oxygen atoms in total. The summed E-state index contributed by atoms with van der Waals surface area (Å²) in [6.45, 7) is 4.44. The molecule has 0 saturated heterocycles. The lowest BCUT2D eigenvalue weighted by Gasteiger charge is -2.42. The molecule has 0 bridgehead atoms. The van der Waals surface area contributed by atoms with Crippen molar-refractivity contribution in [2.24, 2.45) is 10.7 Å². The van der Waals surface area contributed by atoms with Crippen LogP contribution < -0.4 is 15.8 Å². The van der Waals surface area contributed by atoms with Crippen LogP contribution in [-0.2, 0) is 10.3 Å². The van der Waals surface area contributed by atoms with Gasteiger partial charge in [-0.3, -0.25) is 4.99 Å². The fraction of sp³-hybridized carbons (Fsp3) is 0.348. The Morgan fingerprint density at radius 3 is 2.78 bits per heavy atom. The number of nitrogens with two attached hydrogens (primary N) is 1. The molecular formula is C23H27B3FN7O2S. The number of rotatable bonds is 8. The Morgan fingerprint density at radius 2 is 2.05 bits per heavy atom. The minimum Gasteiger partial charge on any atom is -0.463 e. The second kappa shape index (κ2) is 10.2. The zero-order valence-corrected chi connectivity index (χ0v) is 22.3. The van der Waals surface area contributed by atoms with Crippen molar-refractivity contribution < 1.29 is 13.9 Å². The predicted molar refractivity (Wildman–Crippen MR) is 153 cm³/mol. The van der Waals surface area contributed by atoms with Crippen molar-refractivity contribution in [3.63, 3.8) is 0 Å². The van der Waals surface area contributed by atoms with Crippen LogP contribution in [0.3, 0.4) is 0 Å². The Morgan fingerprint density at radius 1 is 1.27 bits per heavy atom. The van der Waals surface area contributed by atoms with E-state index in [4.69, 9.17) is 21.6 Å². The summed E-state index contributed by atoms with van der Waals surface area (Å²) in [5.74, 6) is 2.52. The van der Waals surface area contributed by atoms with Crippen molar-refractivity contribution >= 4 is 63.0 Å². The van der Waals surface area contributed by atoms with Gasteiger partial charge < -0.3 is 20.5 Å². The number of aliphatic imine (C=N–C) groups is 1. The number of terminal acetylenes is 1. The summed E-state index contributed by atoms with van der Waals surface area (Å²) < 4.78 is 26.1. The van der Waals surface area contributed by atoms with Gasteiger partial charge in [-0.15, -0.1) is 6.42 Å². The van der Waals surface area contributed by atoms with Crippen LogP contribution in [-0.4, -0.2) is 71.9 Å². The topological polar surface area (TPSA) is 120 Å². The molecule has 4 heterocycles. The maximum atomic E-state index is 15.1. The summed E-state index contributed by atoms with van der Waals surface area (Å²) >= 11 is 1.44. The molecule has 1 aliphatic heterocycles. The molecule has 0 spiro atoms. The Hall–Kier alpha value is -3.30. The van der Waals surface area contributed by atoms with Crippen molar-refractivity contribution in [2.75, 3.05) is 18.5 Å². The van der Waals surface area contributed by atoms with E-state index in [-0.39, 0.29) is 11.9 Å². The van der Waals surface area contributed by atoms with E-state index in [1.54, 1.807) is 18.3 Å². The highest BCUT2D eigenvalue weighted by molar-refractivity contribution is 8.15. The van der Waals surface area contributed by atoms with Crippen LogP contribution in [0.4, 0.5) is 15.9 Å². The van der Waals surface area contributed by atoms with Crippen molar-refractivity contribution in [2.45, 2.75) is 35.9 Å². The van der Waals surface area contributed by atoms with Crippen molar-refractivity contribution in [1.82, 2.24) is 19.9 Å². The Labute approximate surface area is 222 Å². The number of halogens is 1. The minimum atomic E-state index is -0.949. The third kappa shape index (κ3) is 6.35. The molecule has 37 heavy (non-hydrogen) atoms. The third-order valence-corrected chi connectivity index (χ3v) is 6.72. The third-order valence-electron chi connectivity index (χ3n) is 5.66. The first kappa shape index (κ1) is 26.8. The van der Waals surface area contributed by atoms with Crippen LogP contribution in [0.2, 0.25) is 0 Å². The van der Waals surface area contributed by atoms with Crippen molar-refractivity contribution in [3.05, 3.63) is 42.2 Å². The quantitative estimate of drug-likeness (QED) is 0.247. The number of hydrogen-bond donors (Lipinski definition) is 2. The number of thioether (sulfide) groups is 1. The normalized spacial score (nSPS) is 21.7. The van der Waals surface area contributed by atoms with Crippen LogP contribution in [0.25, 0.3) is 11.0 Å². The smallest absolute Gasteiger partial charge is 0.233 e. The van der Waals surface area contributed by atoms with E-state index >= 15 is 4.39 Å². The number of anilines is 2. The average molecular weight is 517 g/mol. The summed E-state index contributed by atoms with van der Waals surface area (Å²) in [5, 5.41) is 3.24. The van der Waals surface area contributed by atoms with Gasteiger partial charge in [0, 0.05) is 16.5 Å². The second-order valence-electron chi connectivity index (χ2n) is 10.3. The number of nitrogens with one attached hydrogen (secondary N) is 1. The van der Waals surface area contributed by atoms with Crippen LogP contribution >= 0.6 is 11.8 Å². The van der Waals surface area contributed by atoms with E-state index in [2.05, 4.69) is 43.1 Å². The molecule has 3 N–H and O–H groups in total. The summed E-state index contributed by atoms with van der Waals surface area (Å²) in [5.41, 5.74) is 7.19. The van der Waals surface area contributed by atoms with E-state index in [0.29, 0.717) is 52.2 Å². The molecule has 0 aromatic carbocycles. The van der Waals surface area contributed by atoms with Gasteiger partial charge in [0.1, 0.15) is 29.1 Å². The Bertz CT molecular complexity index is 1400. The Kier molecular flexibility index (Phi) is 7.39. The molecule has 3 aromatic rings. The zero-order chi connectivity index (χ0) is 26.8. The highest BCUT2D eigenvalue weighted by atomic mass is 32.2. The fourth-order valence-corrected chi connectivity index (χ4v) is 5.39. The van der Waals surface area contributed by atoms with Crippen LogP contribution in [0.1, 0.15) is 25.8 Å². The zero-order valence-electron chi connectivity index (χ0n) is 21.5. The summed E-state index contributed by atoms with van der Waals surface area (Å²) in [6, 6.07) is 3.39. The van der Waals surface area contributed by atoms with E-state index in [1.165, 1.54) is 24.2 Å². The molecule has 2 atom stereocenters. The minimum absolute atomic E-state index is 0.0893. The van der Waals surface area contributed by atoms with Gasteiger partial charge in [0.15, 0.2) is 17.6 Å². The standard InChI is InChI=1S/C23H27B3FN7O2S/c1-4-7-35-16-10-30-17-15(33-16)5-6-29-19(17)32-13-8-14(18(27)31-9-13)22(3)11-21(2,37-20(28)34-22)12-36-23(24,25)26/h1,5-6,8-10H,7,11-12,24-26H2,2-3H3,(H2,28,34)(H,29,32)/t21-,22+/m1/s1. The monoisotopic (exact) mass is 517 g/mol. The molecular weight excluding hydrogens is 490 g/mol. The van der Waals surface area contributed by atoms with E-state index in [1.807, 2.05) is 30.5 Å². The van der Waals surface area contributed by atoms with E-state index in [0.717, 1.165) is 0 Å². The number of hydrogen-bond acceptors (Lipinski definition) is 10. The number of amidine groups is 1. The summed E-state index contributed by atoms with van der Waals surface area (Å²) in [6.07, 6.45) is 10.2. The molecule has 0 fully saturated rings. The molecule has 4 rings (SSSR count). The molecule has 1 aliphatic rings. The molecule has 0 amide bonds. The van der Waals surface area contributed by atoms with Gasteiger partial charge in [-0.05, 0) is 37.7 Å². The number of ether oxygens (including phenoxy) is 2. The lowest BCUT2D eigenvalue weighted by molar-refractivity contribution is 0.100. The van der Waals surface area contributed by atoms with E-state index < -0.39 is 16.2 Å². The average Bonchev–Trinajstić information content (AvgIpc) is 2.81. The SMILES string of the molecule is BC(B)(B)OC[C@@]1(C)C[C@@](C)(c2cc(Nc3nccc4nc(OCC#C)cnc34)cnc2F)N=C(N)S1. The number of aromatic nitrogens is 4. The molecule has 0 unspecified atom stereocenters. The molecule has 14 heteroatoms. The lowest BCUT2D eigenvalue weighted by atomic mass is 9.52. The number of nitrogens with zero attached hydrogens (tertiary/aromatic N) is 5. The van der Waals surface area contributed by atoms with Gasteiger partial charge in [0.05, 0.1) is 35.7 Å². The predicted octanol–water partition coefficient (Wildman–Crippen LogP) is 0.267. The first-order valence-electron chi connectivity index (χ1n) is 11.7. The van der Waals surface area contributed by atoms with Gasteiger partial charge in [0.25, 0.3) is 0 Å². The largest absolute Gasteiger partial charge is 0.463 e. The van der Waals surface area contributed by atoms with Gasteiger partial charge in [-0.25, -0.2) is 19.9 Å². The molecule has 188 valence electrons. The molecule has 0 saturated carbocycles. The van der Waals surface area contributed by atoms with Crippen molar-refractivity contribution in [3.8, 4) is 18.2 Å². The molecule has 0 aliphatic carbocycles.